The summed E-state index contributed by atoms with van der Waals surface area (Å²) in [6.45, 7) is 0. The molecule has 94 valence electrons. The van der Waals surface area contributed by atoms with Crippen LogP contribution in [0.15, 0.2) is 53.2 Å². The van der Waals surface area contributed by atoms with Gasteiger partial charge in [0.1, 0.15) is 5.69 Å². The van der Waals surface area contributed by atoms with Crippen LogP contribution in [0.2, 0.25) is 0 Å². The van der Waals surface area contributed by atoms with E-state index in [-0.39, 0.29) is 0 Å². The van der Waals surface area contributed by atoms with Crippen LogP contribution < -0.4 is 0 Å². The van der Waals surface area contributed by atoms with Crippen molar-refractivity contribution < 1.29 is 0 Å². The quantitative estimate of drug-likeness (QED) is 0.655. The number of nitroso groups, excluding NO2 is 1. The van der Waals surface area contributed by atoms with E-state index in [1.807, 2.05) is 29.8 Å². The van der Waals surface area contributed by atoms with Crippen LogP contribution in [-0.2, 0) is 12.8 Å². The molecule has 1 heterocycles. The number of hydrogen-bond acceptors (Lipinski definition) is 4. The first-order valence-electron chi connectivity index (χ1n) is 6.11. The van der Waals surface area contributed by atoms with E-state index >= 15 is 0 Å². The molecule has 0 unspecified atom stereocenters. The molecule has 0 aliphatic carbocycles. The fourth-order valence-electron chi connectivity index (χ4n) is 2.22. The molecular weight excluding hydrogens is 256 g/mol. The van der Waals surface area contributed by atoms with Crippen LogP contribution in [0.4, 0.5) is 5.69 Å². The maximum absolute atomic E-state index is 10.9. The Kier molecular flexibility index (Phi) is 3.33. The van der Waals surface area contributed by atoms with Gasteiger partial charge >= 0.3 is 0 Å². The highest BCUT2D eigenvalue weighted by atomic mass is 32.1. The lowest BCUT2D eigenvalue weighted by atomic mass is 10.0. The van der Waals surface area contributed by atoms with Gasteiger partial charge in [0.05, 0.1) is 15.7 Å². The maximum atomic E-state index is 10.9. The Hall–Kier alpha value is -2.07. The molecule has 0 saturated heterocycles. The monoisotopic (exact) mass is 268 g/mol. The Bertz CT molecular complexity index is 706. The lowest BCUT2D eigenvalue weighted by molar-refractivity contribution is 0.965. The molecule has 1 aromatic heterocycles. The Morgan fingerprint density at radius 3 is 2.68 bits per heavy atom. The van der Waals surface area contributed by atoms with Crippen LogP contribution in [0.3, 0.4) is 0 Å². The second-order valence-electron chi connectivity index (χ2n) is 4.34. The van der Waals surface area contributed by atoms with Crippen LogP contribution in [-0.4, -0.2) is 4.98 Å². The number of fused-ring (bicyclic) bond motifs is 1. The summed E-state index contributed by atoms with van der Waals surface area (Å²) in [6, 6.07) is 13.9. The summed E-state index contributed by atoms with van der Waals surface area (Å²) in [5.41, 5.74) is 5.45. The van der Waals surface area contributed by atoms with Gasteiger partial charge in [0.25, 0.3) is 0 Å². The van der Waals surface area contributed by atoms with E-state index in [2.05, 4.69) is 22.3 Å². The molecule has 4 heteroatoms. The minimum Gasteiger partial charge on any atom is -0.244 e. The third-order valence-corrected chi connectivity index (χ3v) is 3.98. The summed E-state index contributed by atoms with van der Waals surface area (Å²) in [7, 11) is 0. The molecule has 0 fully saturated rings. The van der Waals surface area contributed by atoms with Crippen LogP contribution >= 0.6 is 11.3 Å². The smallest absolute Gasteiger partial charge is 0.113 e. The lowest BCUT2D eigenvalue weighted by Gasteiger charge is -2.05. The predicted octanol–water partition coefficient (Wildman–Crippen LogP) is 4.48. The van der Waals surface area contributed by atoms with E-state index in [1.165, 1.54) is 5.56 Å². The zero-order chi connectivity index (χ0) is 13.1. The summed E-state index contributed by atoms with van der Waals surface area (Å²) in [4.78, 5) is 15.3. The average molecular weight is 268 g/mol. The zero-order valence-electron chi connectivity index (χ0n) is 10.2. The lowest BCUT2D eigenvalue weighted by Crippen LogP contribution is -1.93. The van der Waals surface area contributed by atoms with Gasteiger partial charge in [-0.1, -0.05) is 30.3 Å². The highest BCUT2D eigenvalue weighted by Gasteiger charge is 2.10. The molecule has 19 heavy (non-hydrogen) atoms. The number of aromatic nitrogens is 1. The van der Waals surface area contributed by atoms with Crippen molar-refractivity contribution in [2.24, 2.45) is 5.18 Å². The summed E-state index contributed by atoms with van der Waals surface area (Å²) in [6.07, 6.45) is 1.67. The summed E-state index contributed by atoms with van der Waals surface area (Å²) < 4.78 is 1.11. The summed E-state index contributed by atoms with van der Waals surface area (Å²) >= 11 is 1.59. The van der Waals surface area contributed by atoms with Crippen LogP contribution in [0.1, 0.15) is 11.1 Å². The Morgan fingerprint density at radius 2 is 1.89 bits per heavy atom. The molecule has 0 atom stereocenters. The van der Waals surface area contributed by atoms with Crippen molar-refractivity contribution in [3.05, 3.63) is 64.0 Å². The Balaban J connectivity index is 1.95. The Morgan fingerprint density at radius 1 is 1.05 bits per heavy atom. The minimum absolute atomic E-state index is 0.509. The first-order valence-corrected chi connectivity index (χ1v) is 6.99. The van der Waals surface area contributed by atoms with Gasteiger partial charge in [0.15, 0.2) is 0 Å². The van der Waals surface area contributed by atoms with E-state index in [1.54, 1.807) is 17.4 Å². The summed E-state index contributed by atoms with van der Waals surface area (Å²) in [5.74, 6) is 0. The molecular formula is C15H12N2OS. The molecule has 0 N–H and O–H groups in total. The van der Waals surface area contributed by atoms with Crippen LogP contribution in [0, 0.1) is 4.91 Å². The zero-order valence-corrected chi connectivity index (χ0v) is 11.1. The van der Waals surface area contributed by atoms with Gasteiger partial charge < -0.3 is 0 Å². The number of nitrogens with zero attached hydrogens (tertiary/aromatic N) is 2. The van der Waals surface area contributed by atoms with Gasteiger partial charge in [0, 0.05) is 5.56 Å². The number of aryl methyl sites for hydroxylation is 2. The van der Waals surface area contributed by atoms with Crippen molar-refractivity contribution >= 4 is 27.2 Å². The van der Waals surface area contributed by atoms with Crippen molar-refractivity contribution in [2.75, 3.05) is 0 Å². The highest BCUT2D eigenvalue weighted by Crippen LogP contribution is 2.30. The first kappa shape index (κ1) is 12.0. The molecule has 0 spiro atoms. The molecule has 0 radical (unpaired) electrons. The van der Waals surface area contributed by atoms with Gasteiger partial charge in [-0.25, -0.2) is 4.98 Å². The van der Waals surface area contributed by atoms with Gasteiger partial charge in [-0.3, -0.25) is 0 Å². The highest BCUT2D eigenvalue weighted by molar-refractivity contribution is 7.16. The summed E-state index contributed by atoms with van der Waals surface area (Å²) in [5, 5.41) is 3.13. The largest absolute Gasteiger partial charge is 0.244 e. The third-order valence-electron chi connectivity index (χ3n) is 3.19. The molecule has 0 aliphatic rings. The number of benzene rings is 2. The minimum atomic E-state index is 0.509. The van der Waals surface area contributed by atoms with Crippen LogP contribution in [0.25, 0.3) is 10.2 Å². The number of hydrogen-bond donors (Lipinski definition) is 0. The van der Waals surface area contributed by atoms with Crippen LogP contribution in [0.5, 0.6) is 0 Å². The van der Waals surface area contributed by atoms with Crippen molar-refractivity contribution in [2.45, 2.75) is 12.8 Å². The fraction of sp³-hybridized carbons (Fsp3) is 0.133. The molecule has 2 aromatic carbocycles. The van der Waals surface area contributed by atoms with E-state index in [0.29, 0.717) is 5.69 Å². The van der Waals surface area contributed by atoms with Gasteiger partial charge in [-0.2, -0.15) is 0 Å². The molecule has 0 aliphatic heterocycles. The Labute approximate surface area is 114 Å². The second-order valence-corrected chi connectivity index (χ2v) is 5.23. The molecule has 3 rings (SSSR count). The van der Waals surface area contributed by atoms with E-state index in [4.69, 9.17) is 0 Å². The van der Waals surface area contributed by atoms with E-state index < -0.39 is 0 Å². The van der Waals surface area contributed by atoms with Crippen molar-refractivity contribution in [3.63, 3.8) is 0 Å². The van der Waals surface area contributed by atoms with Gasteiger partial charge in [-0.15, -0.1) is 16.2 Å². The molecule has 0 bridgehead atoms. The third kappa shape index (κ3) is 2.39. The van der Waals surface area contributed by atoms with Crippen molar-refractivity contribution in [1.29, 1.82) is 0 Å². The fourth-order valence-corrected chi connectivity index (χ4v) is 2.93. The van der Waals surface area contributed by atoms with E-state index in [0.717, 1.165) is 28.6 Å². The van der Waals surface area contributed by atoms with Crippen molar-refractivity contribution in [3.8, 4) is 0 Å². The van der Waals surface area contributed by atoms with Crippen molar-refractivity contribution in [1.82, 2.24) is 4.98 Å². The van der Waals surface area contributed by atoms with Gasteiger partial charge in [0.2, 0.25) is 0 Å². The average Bonchev–Trinajstić information content (AvgIpc) is 2.94. The molecule has 0 amide bonds. The number of thiazole rings is 1. The molecule has 3 nitrogen and oxygen atoms in total. The van der Waals surface area contributed by atoms with Gasteiger partial charge in [-0.05, 0) is 35.7 Å². The first-order chi connectivity index (χ1) is 9.38. The normalized spacial score (nSPS) is 10.7. The SMILES string of the molecule is O=Nc1ccc2scnc2c1CCc1ccccc1. The number of rotatable bonds is 4. The molecule has 3 aromatic rings. The van der Waals surface area contributed by atoms with E-state index in [9.17, 15) is 4.91 Å². The topological polar surface area (TPSA) is 42.3 Å². The second kappa shape index (κ2) is 5.28. The maximum Gasteiger partial charge on any atom is 0.113 e. The molecule has 0 saturated carbocycles. The standard InChI is InChI=1S/C15H12N2OS/c18-17-13-8-9-14-15(16-10-19-14)12(13)7-6-11-4-2-1-3-5-11/h1-5,8-10H,6-7H2. The predicted molar refractivity (Wildman–Crippen MR) is 78.9 cm³/mol.